The molecule has 0 saturated carbocycles. The predicted octanol–water partition coefficient (Wildman–Crippen LogP) is 0.855. The van der Waals surface area contributed by atoms with E-state index in [9.17, 15) is 4.79 Å². The number of carbonyl (C=O) groups excluding carboxylic acids is 1. The maximum Gasteiger partial charge on any atom is 0.227 e. The maximum absolute atomic E-state index is 12.9. The molecule has 0 spiro atoms. The summed E-state index contributed by atoms with van der Waals surface area (Å²) in [6, 6.07) is 2.12. The van der Waals surface area contributed by atoms with Crippen LogP contribution in [0.4, 0.5) is 5.95 Å². The molecule has 3 rings (SSSR count). The number of rotatable bonds is 2. The van der Waals surface area contributed by atoms with Gasteiger partial charge in [-0.15, -0.1) is 0 Å². The largest absolute Gasteiger partial charge is 0.340 e. The fourth-order valence-electron chi connectivity index (χ4n) is 3.52. The second-order valence-electron chi connectivity index (χ2n) is 6.48. The van der Waals surface area contributed by atoms with Gasteiger partial charge >= 0.3 is 0 Å². The van der Waals surface area contributed by atoms with Crippen molar-refractivity contribution in [1.82, 2.24) is 19.8 Å². The third-order valence-electron chi connectivity index (χ3n) is 4.72. The van der Waals surface area contributed by atoms with Crippen LogP contribution in [0.2, 0.25) is 0 Å². The highest BCUT2D eigenvalue weighted by Crippen LogP contribution is 2.23. The summed E-state index contributed by atoms with van der Waals surface area (Å²) in [6.45, 7) is 6.59. The smallest absolute Gasteiger partial charge is 0.227 e. The summed E-state index contributed by atoms with van der Waals surface area (Å²) >= 11 is 0. The molecule has 2 fully saturated rings. The van der Waals surface area contributed by atoms with Gasteiger partial charge in [-0.3, -0.25) is 4.79 Å². The van der Waals surface area contributed by atoms with Crippen LogP contribution < -0.4 is 4.90 Å². The minimum Gasteiger partial charge on any atom is -0.340 e. The van der Waals surface area contributed by atoms with Crippen LogP contribution in [0, 0.1) is 5.92 Å². The van der Waals surface area contributed by atoms with E-state index in [4.69, 9.17) is 0 Å². The Hall–Kier alpha value is -1.69. The predicted molar refractivity (Wildman–Crippen MR) is 85.6 cm³/mol. The van der Waals surface area contributed by atoms with Gasteiger partial charge < -0.3 is 14.7 Å². The van der Waals surface area contributed by atoms with Crippen LogP contribution >= 0.6 is 0 Å². The molecule has 120 valence electrons. The average Bonchev–Trinajstić information content (AvgIpc) is 2.55. The number of piperazine rings is 1. The summed E-state index contributed by atoms with van der Waals surface area (Å²) in [6.07, 6.45) is 5.52. The third kappa shape index (κ3) is 3.21. The number of piperidine rings is 1. The number of anilines is 1. The first-order chi connectivity index (χ1) is 10.6. The van der Waals surface area contributed by atoms with E-state index in [2.05, 4.69) is 38.6 Å². The molecule has 6 heteroatoms. The van der Waals surface area contributed by atoms with Crippen molar-refractivity contribution in [2.45, 2.75) is 25.8 Å². The highest BCUT2D eigenvalue weighted by atomic mass is 16.2. The van der Waals surface area contributed by atoms with Crippen molar-refractivity contribution in [1.29, 1.82) is 0 Å². The highest BCUT2D eigenvalue weighted by molar-refractivity contribution is 5.80. The number of hydrogen-bond donors (Lipinski definition) is 0. The average molecular weight is 303 g/mol. The molecule has 3 heterocycles. The van der Waals surface area contributed by atoms with E-state index in [1.807, 2.05) is 6.07 Å². The van der Waals surface area contributed by atoms with Crippen molar-refractivity contribution < 1.29 is 4.79 Å². The van der Waals surface area contributed by atoms with Crippen molar-refractivity contribution in [3.05, 3.63) is 18.5 Å². The van der Waals surface area contributed by atoms with Gasteiger partial charge in [-0.1, -0.05) is 0 Å². The molecule has 22 heavy (non-hydrogen) atoms. The normalized spacial score (nSPS) is 27.0. The molecule has 0 aromatic carbocycles. The lowest BCUT2D eigenvalue weighted by atomic mass is 9.95. The van der Waals surface area contributed by atoms with Gasteiger partial charge in [0.25, 0.3) is 0 Å². The van der Waals surface area contributed by atoms with Gasteiger partial charge in [0.15, 0.2) is 0 Å². The summed E-state index contributed by atoms with van der Waals surface area (Å²) in [5.74, 6) is 1.12. The van der Waals surface area contributed by atoms with Crippen LogP contribution in [0.5, 0.6) is 0 Å². The Morgan fingerprint density at radius 2 is 1.95 bits per heavy atom. The second-order valence-corrected chi connectivity index (χ2v) is 6.48. The molecule has 2 aliphatic heterocycles. The monoisotopic (exact) mass is 303 g/mol. The topological polar surface area (TPSA) is 52.6 Å². The molecule has 1 amide bonds. The second kappa shape index (κ2) is 6.60. The summed E-state index contributed by atoms with van der Waals surface area (Å²) in [4.78, 5) is 28.0. The molecule has 0 bridgehead atoms. The molecular weight excluding hydrogens is 278 g/mol. The van der Waals surface area contributed by atoms with E-state index in [1.54, 1.807) is 12.4 Å². The zero-order valence-corrected chi connectivity index (χ0v) is 13.5. The molecule has 1 aromatic heterocycles. The zero-order valence-electron chi connectivity index (χ0n) is 13.5. The number of carbonyl (C=O) groups is 1. The molecule has 0 unspecified atom stereocenters. The first-order valence-electron chi connectivity index (χ1n) is 8.16. The summed E-state index contributed by atoms with van der Waals surface area (Å²) in [5.41, 5.74) is 0. The fourth-order valence-corrected chi connectivity index (χ4v) is 3.52. The van der Waals surface area contributed by atoms with Crippen LogP contribution in [0.15, 0.2) is 18.5 Å². The zero-order chi connectivity index (χ0) is 15.5. The summed E-state index contributed by atoms with van der Waals surface area (Å²) in [5, 5.41) is 0. The quantitative estimate of drug-likeness (QED) is 0.811. The van der Waals surface area contributed by atoms with E-state index in [0.29, 0.717) is 11.9 Å². The lowest BCUT2D eigenvalue weighted by Crippen LogP contribution is -2.56. The molecule has 1 aromatic rings. The van der Waals surface area contributed by atoms with Gasteiger partial charge in [0.1, 0.15) is 0 Å². The van der Waals surface area contributed by atoms with Crippen molar-refractivity contribution in [3.63, 3.8) is 0 Å². The van der Waals surface area contributed by atoms with Crippen LogP contribution in [-0.2, 0) is 4.79 Å². The lowest BCUT2D eigenvalue weighted by Gasteiger charge is -2.41. The molecule has 0 radical (unpaired) electrons. The lowest BCUT2D eigenvalue weighted by molar-refractivity contribution is -0.140. The Morgan fingerprint density at radius 1 is 1.18 bits per heavy atom. The first-order valence-corrected chi connectivity index (χ1v) is 8.16. The van der Waals surface area contributed by atoms with Crippen LogP contribution in [0.1, 0.15) is 19.8 Å². The molecule has 2 aliphatic rings. The van der Waals surface area contributed by atoms with E-state index < -0.39 is 0 Å². The fraction of sp³-hybridized carbons (Fsp3) is 0.688. The van der Waals surface area contributed by atoms with E-state index in [-0.39, 0.29) is 5.92 Å². The standard InChI is InChI=1S/C16H25N5O/c1-13-11-19(2)9-10-21(13)15(22)14-5-3-8-20(12-14)16-17-6-4-7-18-16/h4,6-7,13-14H,3,5,8-12H2,1-2H3/t13-,14-/m0/s1. The number of hydrogen-bond acceptors (Lipinski definition) is 5. The van der Waals surface area contributed by atoms with Crippen molar-refractivity contribution in [2.24, 2.45) is 5.92 Å². The van der Waals surface area contributed by atoms with Crippen LogP contribution in [-0.4, -0.2) is 71.5 Å². The van der Waals surface area contributed by atoms with E-state index >= 15 is 0 Å². The summed E-state index contributed by atoms with van der Waals surface area (Å²) < 4.78 is 0. The molecule has 2 atom stereocenters. The first kappa shape index (κ1) is 15.2. The van der Waals surface area contributed by atoms with Gasteiger partial charge in [0.05, 0.1) is 5.92 Å². The molecule has 2 saturated heterocycles. The van der Waals surface area contributed by atoms with Crippen molar-refractivity contribution in [3.8, 4) is 0 Å². The van der Waals surface area contributed by atoms with Gasteiger partial charge in [-0.2, -0.15) is 0 Å². The molecule has 0 aliphatic carbocycles. The van der Waals surface area contributed by atoms with Crippen molar-refractivity contribution in [2.75, 3.05) is 44.7 Å². The number of likely N-dealkylation sites (N-methyl/N-ethyl adjacent to an activating group) is 1. The van der Waals surface area contributed by atoms with Gasteiger partial charge in [-0.05, 0) is 32.9 Å². The Kier molecular flexibility index (Phi) is 4.57. The number of nitrogens with zero attached hydrogens (tertiary/aromatic N) is 5. The number of amides is 1. The summed E-state index contributed by atoms with van der Waals surface area (Å²) in [7, 11) is 2.12. The molecule has 6 nitrogen and oxygen atoms in total. The maximum atomic E-state index is 12.9. The minimum atomic E-state index is 0.0726. The van der Waals surface area contributed by atoms with Gasteiger partial charge in [-0.25, -0.2) is 9.97 Å². The van der Waals surface area contributed by atoms with E-state index in [1.165, 1.54) is 0 Å². The minimum absolute atomic E-state index is 0.0726. The SMILES string of the molecule is C[C@H]1CN(C)CCN1C(=O)[C@H]1CCCN(c2ncccn2)C1. The highest BCUT2D eigenvalue weighted by Gasteiger charge is 2.33. The third-order valence-corrected chi connectivity index (χ3v) is 4.72. The molecule has 0 N–H and O–H groups in total. The Labute approximate surface area is 132 Å². The molecular formula is C16H25N5O. The Morgan fingerprint density at radius 3 is 2.68 bits per heavy atom. The van der Waals surface area contributed by atoms with Crippen LogP contribution in [0.25, 0.3) is 0 Å². The van der Waals surface area contributed by atoms with Crippen molar-refractivity contribution >= 4 is 11.9 Å². The Balaban J connectivity index is 1.65. The van der Waals surface area contributed by atoms with Gasteiger partial charge in [0, 0.05) is 51.2 Å². The van der Waals surface area contributed by atoms with Crippen LogP contribution in [0.3, 0.4) is 0 Å². The number of aromatic nitrogens is 2. The van der Waals surface area contributed by atoms with Gasteiger partial charge in [0.2, 0.25) is 11.9 Å². The van der Waals surface area contributed by atoms with E-state index in [0.717, 1.165) is 51.5 Å². The Bertz CT molecular complexity index is 509.